The maximum absolute atomic E-state index is 13.0. The molecule has 32 heavy (non-hydrogen) atoms. The summed E-state index contributed by atoms with van der Waals surface area (Å²) >= 11 is 0. The van der Waals surface area contributed by atoms with Gasteiger partial charge in [-0.25, -0.2) is 4.79 Å². The summed E-state index contributed by atoms with van der Waals surface area (Å²) in [5.74, 6) is 0.236. The topological polar surface area (TPSA) is 76.1 Å². The number of aliphatic carboxylic acids is 1. The first-order valence-corrected chi connectivity index (χ1v) is 11.3. The van der Waals surface area contributed by atoms with Crippen molar-refractivity contribution < 1.29 is 24.2 Å². The number of rotatable bonds is 7. The summed E-state index contributed by atoms with van der Waals surface area (Å²) in [5, 5.41) is 9.19. The minimum absolute atomic E-state index is 0.0257. The number of ether oxygens (including phenoxy) is 2. The van der Waals surface area contributed by atoms with Crippen molar-refractivity contribution in [3.8, 4) is 5.75 Å². The summed E-state index contributed by atoms with van der Waals surface area (Å²) in [6.07, 6.45) is 2.82. The van der Waals surface area contributed by atoms with Crippen molar-refractivity contribution in [2.24, 2.45) is 5.92 Å². The second kappa shape index (κ2) is 9.23. The Hall–Kier alpha value is -3.02. The number of carbonyl (C=O) groups excluding carboxylic acids is 1. The lowest BCUT2D eigenvalue weighted by Crippen LogP contribution is -2.60. The molecule has 0 spiro atoms. The second-order valence-corrected chi connectivity index (χ2v) is 8.97. The Bertz CT molecular complexity index is 975. The predicted molar refractivity (Wildman–Crippen MR) is 121 cm³/mol. The van der Waals surface area contributed by atoms with Crippen molar-refractivity contribution in [1.29, 1.82) is 0 Å². The Morgan fingerprint density at radius 3 is 2.69 bits per heavy atom. The monoisotopic (exact) mass is 437 g/mol. The summed E-state index contributed by atoms with van der Waals surface area (Å²) in [6.45, 7) is 3.06. The first-order chi connectivity index (χ1) is 15.4. The fourth-order valence-electron chi connectivity index (χ4n) is 5.64. The molecule has 0 saturated carbocycles. The number of amides is 1. The predicted octanol–water partition coefficient (Wildman–Crippen LogP) is 4.79. The molecule has 1 amide bonds. The van der Waals surface area contributed by atoms with Crippen LogP contribution in [-0.2, 0) is 28.0 Å². The molecule has 2 aromatic rings. The minimum atomic E-state index is -0.769. The van der Waals surface area contributed by atoms with Gasteiger partial charge >= 0.3 is 12.1 Å². The van der Waals surface area contributed by atoms with Gasteiger partial charge in [0.1, 0.15) is 12.4 Å². The van der Waals surface area contributed by atoms with Crippen molar-refractivity contribution in [1.82, 2.24) is 4.90 Å². The number of nitrogens with zero attached hydrogens (tertiary/aromatic N) is 1. The molecule has 2 aromatic carbocycles. The Morgan fingerprint density at radius 1 is 1.19 bits per heavy atom. The lowest BCUT2D eigenvalue weighted by molar-refractivity contribution is -0.137. The number of piperidine rings is 1. The highest BCUT2D eigenvalue weighted by Crippen LogP contribution is 2.52. The molecular weight excluding hydrogens is 406 g/mol. The van der Waals surface area contributed by atoms with Crippen LogP contribution in [0.1, 0.15) is 49.3 Å². The molecule has 4 rings (SSSR count). The highest BCUT2D eigenvalue weighted by Gasteiger charge is 2.52. The maximum Gasteiger partial charge on any atom is 0.410 e. The Balaban J connectivity index is 1.58. The van der Waals surface area contributed by atoms with Gasteiger partial charge in [0.05, 0.1) is 7.11 Å². The molecule has 2 aliphatic rings. The van der Waals surface area contributed by atoms with Gasteiger partial charge in [-0.05, 0) is 60.4 Å². The number of hydrogen-bond acceptors (Lipinski definition) is 4. The maximum atomic E-state index is 13.0. The number of likely N-dealkylation sites (tertiary alicyclic amines) is 1. The summed E-state index contributed by atoms with van der Waals surface area (Å²) < 4.78 is 11.2. The molecule has 6 heteroatoms. The summed E-state index contributed by atoms with van der Waals surface area (Å²) in [4.78, 5) is 26.1. The van der Waals surface area contributed by atoms with Gasteiger partial charge in [-0.2, -0.15) is 0 Å². The number of benzene rings is 2. The lowest BCUT2D eigenvalue weighted by Gasteiger charge is -2.55. The number of hydrogen-bond donors (Lipinski definition) is 1. The zero-order valence-corrected chi connectivity index (χ0v) is 18.8. The largest absolute Gasteiger partial charge is 0.497 e. The van der Waals surface area contributed by atoms with E-state index >= 15 is 0 Å². The average Bonchev–Trinajstić information content (AvgIpc) is 2.79. The van der Waals surface area contributed by atoms with Crippen LogP contribution < -0.4 is 4.74 Å². The van der Waals surface area contributed by atoms with Gasteiger partial charge in [-0.15, -0.1) is 0 Å². The van der Waals surface area contributed by atoms with E-state index in [-0.39, 0.29) is 36.5 Å². The molecule has 0 unspecified atom stereocenters. The third kappa shape index (κ3) is 4.18. The van der Waals surface area contributed by atoms with Crippen LogP contribution in [0.15, 0.2) is 48.5 Å². The van der Waals surface area contributed by atoms with E-state index in [1.54, 1.807) is 7.11 Å². The quantitative estimate of drug-likeness (QED) is 0.674. The average molecular weight is 438 g/mol. The summed E-state index contributed by atoms with van der Waals surface area (Å²) in [7, 11) is 1.67. The van der Waals surface area contributed by atoms with Gasteiger partial charge in [0.15, 0.2) is 0 Å². The van der Waals surface area contributed by atoms with Crippen LogP contribution in [0.4, 0.5) is 4.79 Å². The third-order valence-electron chi connectivity index (χ3n) is 7.38. The van der Waals surface area contributed by atoms with Gasteiger partial charge in [0, 0.05) is 24.4 Å². The fourth-order valence-corrected chi connectivity index (χ4v) is 5.64. The number of fused-ring (bicyclic) bond motifs is 4. The molecule has 1 N–H and O–H groups in total. The van der Waals surface area contributed by atoms with Crippen molar-refractivity contribution >= 4 is 12.1 Å². The SMILES string of the molecule is COc1ccc2c(c1)[C@]1(CCCC(=O)O)CCN(C(=O)OCc3ccccc3)[C@H](C2)[C@@H]1C. The van der Waals surface area contributed by atoms with Crippen LogP contribution in [0.5, 0.6) is 5.75 Å². The van der Waals surface area contributed by atoms with Crippen molar-refractivity contribution in [3.63, 3.8) is 0 Å². The van der Waals surface area contributed by atoms with Crippen molar-refractivity contribution in [2.45, 2.75) is 57.1 Å². The van der Waals surface area contributed by atoms with Crippen molar-refractivity contribution in [3.05, 3.63) is 65.2 Å². The molecule has 0 aromatic heterocycles. The summed E-state index contributed by atoms with van der Waals surface area (Å²) in [6, 6.07) is 15.9. The molecule has 1 fully saturated rings. The van der Waals surface area contributed by atoms with Crippen LogP contribution in [0.2, 0.25) is 0 Å². The lowest BCUT2D eigenvalue weighted by atomic mass is 9.56. The summed E-state index contributed by atoms with van der Waals surface area (Å²) in [5.41, 5.74) is 3.27. The Morgan fingerprint density at radius 2 is 1.97 bits per heavy atom. The molecule has 1 saturated heterocycles. The zero-order chi connectivity index (χ0) is 22.7. The van der Waals surface area contributed by atoms with Crippen LogP contribution in [0.3, 0.4) is 0 Å². The van der Waals surface area contributed by atoms with Crippen molar-refractivity contribution in [2.75, 3.05) is 13.7 Å². The molecule has 1 aliphatic carbocycles. The zero-order valence-electron chi connectivity index (χ0n) is 18.8. The van der Waals surface area contributed by atoms with Crippen LogP contribution in [0.25, 0.3) is 0 Å². The van der Waals surface area contributed by atoms with Gasteiger partial charge < -0.3 is 19.5 Å². The highest BCUT2D eigenvalue weighted by molar-refractivity contribution is 5.69. The number of carbonyl (C=O) groups is 2. The first kappa shape index (κ1) is 22.2. The smallest absolute Gasteiger partial charge is 0.410 e. The normalized spacial score (nSPS) is 23.9. The number of methoxy groups -OCH3 is 1. The van der Waals surface area contributed by atoms with Crippen LogP contribution >= 0.6 is 0 Å². The van der Waals surface area contributed by atoms with E-state index in [2.05, 4.69) is 19.1 Å². The molecule has 6 nitrogen and oxygen atoms in total. The van der Waals surface area contributed by atoms with E-state index in [1.165, 1.54) is 11.1 Å². The van der Waals surface area contributed by atoms with Crippen LogP contribution in [0, 0.1) is 5.92 Å². The Labute approximate surface area is 189 Å². The third-order valence-corrected chi connectivity index (χ3v) is 7.38. The van der Waals surface area contributed by atoms with Crippen LogP contribution in [-0.4, -0.2) is 41.8 Å². The van der Waals surface area contributed by atoms with Gasteiger partial charge in [-0.3, -0.25) is 4.79 Å². The van der Waals surface area contributed by atoms with E-state index in [1.807, 2.05) is 41.3 Å². The first-order valence-electron chi connectivity index (χ1n) is 11.3. The van der Waals surface area contributed by atoms with E-state index in [9.17, 15) is 14.7 Å². The number of carboxylic acid groups (broad SMARTS) is 1. The van der Waals surface area contributed by atoms with E-state index in [4.69, 9.17) is 9.47 Å². The molecule has 3 atom stereocenters. The van der Waals surface area contributed by atoms with Gasteiger partial charge in [0.2, 0.25) is 0 Å². The van der Waals surface area contributed by atoms with E-state index in [0.717, 1.165) is 30.6 Å². The van der Waals surface area contributed by atoms with Gasteiger partial charge in [-0.1, -0.05) is 43.3 Å². The molecule has 1 aliphatic heterocycles. The minimum Gasteiger partial charge on any atom is -0.497 e. The highest BCUT2D eigenvalue weighted by atomic mass is 16.6. The molecular formula is C26H31NO5. The van der Waals surface area contributed by atoms with Gasteiger partial charge in [0.25, 0.3) is 0 Å². The standard InChI is InChI=1S/C26H31NO5/c1-18-23-15-20-10-11-21(31-2)16-22(20)26(18,12-6-9-24(28)29)13-14-27(23)25(30)32-17-19-7-4-3-5-8-19/h3-5,7-8,10-11,16,18,23H,6,9,12-15,17H2,1-2H3,(H,28,29)/t18-,23+,26+/m0/s1. The van der Waals surface area contributed by atoms with E-state index < -0.39 is 5.97 Å². The second-order valence-electron chi connectivity index (χ2n) is 8.97. The molecule has 0 radical (unpaired) electrons. The Kier molecular flexibility index (Phi) is 6.40. The fraction of sp³-hybridized carbons (Fsp3) is 0.462. The molecule has 170 valence electrons. The van der Waals surface area contributed by atoms with E-state index in [0.29, 0.717) is 13.0 Å². The number of carboxylic acids is 1. The molecule has 2 bridgehead atoms. The molecule has 1 heterocycles.